The fraction of sp³-hybridized carbons (Fsp3) is 0.615. The standard InChI is InChI=1S/C13H17NO3/c1-16-12-5-2-9(8-14-12)13(15)6-10-3-4-11(7-13)17-10/h2,5,8,10-11,15H,3-4,6-7H2,1H3. The number of pyridine rings is 1. The number of aliphatic hydroxyl groups is 1. The molecular weight excluding hydrogens is 218 g/mol. The first-order chi connectivity index (χ1) is 8.19. The zero-order valence-corrected chi connectivity index (χ0v) is 9.93. The lowest BCUT2D eigenvalue weighted by atomic mass is 9.84. The van der Waals surface area contributed by atoms with Crippen molar-refractivity contribution in [3.63, 3.8) is 0 Å². The van der Waals surface area contributed by atoms with Gasteiger partial charge in [0.25, 0.3) is 0 Å². The van der Waals surface area contributed by atoms with Crippen LogP contribution in [0.25, 0.3) is 0 Å². The molecule has 0 radical (unpaired) electrons. The summed E-state index contributed by atoms with van der Waals surface area (Å²) in [5.74, 6) is 0.576. The number of ether oxygens (including phenoxy) is 2. The van der Waals surface area contributed by atoms with Crippen LogP contribution in [-0.2, 0) is 10.3 Å². The monoisotopic (exact) mass is 235 g/mol. The van der Waals surface area contributed by atoms with E-state index in [0.29, 0.717) is 18.7 Å². The third-order valence-corrected chi connectivity index (χ3v) is 3.81. The second-order valence-corrected chi connectivity index (χ2v) is 4.99. The van der Waals surface area contributed by atoms with Gasteiger partial charge in [-0.3, -0.25) is 0 Å². The van der Waals surface area contributed by atoms with Gasteiger partial charge in [0.05, 0.1) is 24.9 Å². The number of nitrogens with zero attached hydrogens (tertiary/aromatic N) is 1. The smallest absolute Gasteiger partial charge is 0.212 e. The molecule has 0 saturated carbocycles. The maximum atomic E-state index is 10.7. The number of hydrogen-bond acceptors (Lipinski definition) is 4. The summed E-state index contributed by atoms with van der Waals surface area (Å²) in [6.45, 7) is 0. The minimum absolute atomic E-state index is 0.209. The van der Waals surface area contributed by atoms with Gasteiger partial charge in [0, 0.05) is 30.7 Å². The SMILES string of the molecule is COc1ccc(C2(O)CC3CCC(C2)O3)cn1. The van der Waals surface area contributed by atoms with Crippen LogP contribution < -0.4 is 4.74 Å². The second kappa shape index (κ2) is 3.96. The predicted molar refractivity (Wildman–Crippen MR) is 61.8 cm³/mol. The Balaban J connectivity index is 1.86. The van der Waals surface area contributed by atoms with E-state index in [1.54, 1.807) is 19.4 Å². The zero-order valence-electron chi connectivity index (χ0n) is 9.93. The highest BCUT2D eigenvalue weighted by atomic mass is 16.5. The summed E-state index contributed by atoms with van der Waals surface area (Å²) in [5, 5.41) is 10.7. The molecule has 1 aromatic heterocycles. The summed E-state index contributed by atoms with van der Waals surface area (Å²) < 4.78 is 10.8. The van der Waals surface area contributed by atoms with Crippen LogP contribution in [0.3, 0.4) is 0 Å². The van der Waals surface area contributed by atoms with E-state index in [-0.39, 0.29) is 12.2 Å². The molecule has 3 heterocycles. The molecule has 0 aromatic carbocycles. The lowest BCUT2D eigenvalue weighted by Gasteiger charge is -2.36. The minimum Gasteiger partial charge on any atom is -0.481 e. The van der Waals surface area contributed by atoms with Crippen LogP contribution in [0.1, 0.15) is 31.2 Å². The molecular formula is C13H17NO3. The quantitative estimate of drug-likeness (QED) is 0.846. The van der Waals surface area contributed by atoms with Crippen LogP contribution in [0.4, 0.5) is 0 Å². The molecule has 92 valence electrons. The summed E-state index contributed by atoms with van der Waals surface area (Å²) in [5.41, 5.74) is 0.0992. The second-order valence-electron chi connectivity index (χ2n) is 4.99. The van der Waals surface area contributed by atoms with E-state index in [0.717, 1.165) is 18.4 Å². The third kappa shape index (κ3) is 1.91. The summed E-state index contributed by atoms with van der Waals surface area (Å²) in [6.07, 6.45) is 5.62. The first-order valence-corrected chi connectivity index (χ1v) is 6.08. The Morgan fingerprint density at radius 1 is 1.35 bits per heavy atom. The van der Waals surface area contributed by atoms with Crippen molar-refractivity contribution in [2.24, 2.45) is 0 Å². The molecule has 1 aromatic rings. The summed E-state index contributed by atoms with van der Waals surface area (Å²) in [6, 6.07) is 3.70. The highest BCUT2D eigenvalue weighted by Crippen LogP contribution is 2.43. The number of methoxy groups -OCH3 is 1. The fourth-order valence-electron chi connectivity index (χ4n) is 2.93. The maximum Gasteiger partial charge on any atom is 0.212 e. The molecule has 0 aliphatic carbocycles. The summed E-state index contributed by atoms with van der Waals surface area (Å²) in [7, 11) is 1.59. The van der Waals surface area contributed by atoms with Gasteiger partial charge in [0.15, 0.2) is 0 Å². The van der Waals surface area contributed by atoms with Crippen molar-refractivity contribution in [1.82, 2.24) is 4.98 Å². The van der Waals surface area contributed by atoms with Crippen molar-refractivity contribution < 1.29 is 14.6 Å². The Morgan fingerprint density at radius 3 is 2.59 bits per heavy atom. The van der Waals surface area contributed by atoms with E-state index < -0.39 is 5.60 Å². The fourth-order valence-corrected chi connectivity index (χ4v) is 2.93. The molecule has 2 aliphatic heterocycles. The van der Waals surface area contributed by atoms with Crippen LogP contribution in [0.15, 0.2) is 18.3 Å². The molecule has 1 N–H and O–H groups in total. The molecule has 4 nitrogen and oxygen atoms in total. The molecule has 2 saturated heterocycles. The Bertz CT molecular complexity index is 392. The van der Waals surface area contributed by atoms with Gasteiger partial charge in [-0.25, -0.2) is 4.98 Å². The van der Waals surface area contributed by atoms with Crippen LogP contribution >= 0.6 is 0 Å². The number of aromatic nitrogens is 1. The number of hydrogen-bond donors (Lipinski definition) is 1. The topological polar surface area (TPSA) is 51.6 Å². The summed E-state index contributed by atoms with van der Waals surface area (Å²) >= 11 is 0. The minimum atomic E-state index is -0.774. The third-order valence-electron chi connectivity index (χ3n) is 3.81. The Morgan fingerprint density at radius 2 is 2.06 bits per heavy atom. The molecule has 2 fully saturated rings. The van der Waals surface area contributed by atoms with Gasteiger partial charge in [-0.15, -0.1) is 0 Å². The van der Waals surface area contributed by atoms with Crippen LogP contribution in [0, 0.1) is 0 Å². The number of fused-ring (bicyclic) bond motifs is 2. The first-order valence-electron chi connectivity index (χ1n) is 6.08. The van der Waals surface area contributed by atoms with Crippen LogP contribution in [0.2, 0.25) is 0 Å². The predicted octanol–water partition coefficient (Wildman–Crippen LogP) is 1.62. The average Bonchev–Trinajstić information content (AvgIpc) is 2.69. The normalized spacial score (nSPS) is 35.9. The molecule has 2 atom stereocenters. The highest BCUT2D eigenvalue weighted by Gasteiger charge is 2.44. The van der Waals surface area contributed by atoms with E-state index >= 15 is 0 Å². The Kier molecular flexibility index (Phi) is 2.56. The van der Waals surface area contributed by atoms with Crippen molar-refractivity contribution in [3.8, 4) is 5.88 Å². The Hall–Kier alpha value is -1.13. The number of rotatable bonds is 2. The molecule has 2 bridgehead atoms. The molecule has 2 unspecified atom stereocenters. The lowest BCUT2D eigenvalue weighted by Crippen LogP contribution is -2.38. The molecule has 0 spiro atoms. The van der Waals surface area contributed by atoms with E-state index in [1.165, 1.54) is 0 Å². The maximum absolute atomic E-state index is 10.7. The van der Waals surface area contributed by atoms with Gasteiger partial charge < -0.3 is 14.6 Å². The van der Waals surface area contributed by atoms with Gasteiger partial charge in [-0.05, 0) is 18.9 Å². The van der Waals surface area contributed by atoms with E-state index in [9.17, 15) is 5.11 Å². The Labute approximate surface area is 101 Å². The lowest BCUT2D eigenvalue weighted by molar-refractivity contribution is -0.115. The summed E-state index contributed by atoms with van der Waals surface area (Å²) in [4.78, 5) is 4.17. The van der Waals surface area contributed by atoms with Gasteiger partial charge in [-0.1, -0.05) is 0 Å². The highest BCUT2D eigenvalue weighted by molar-refractivity contribution is 5.24. The first kappa shape index (κ1) is 11.0. The van der Waals surface area contributed by atoms with Gasteiger partial charge in [-0.2, -0.15) is 0 Å². The molecule has 4 heteroatoms. The molecule has 17 heavy (non-hydrogen) atoms. The van der Waals surface area contributed by atoms with Crippen LogP contribution in [0.5, 0.6) is 5.88 Å². The van der Waals surface area contributed by atoms with Gasteiger partial charge in [0.1, 0.15) is 0 Å². The largest absolute Gasteiger partial charge is 0.481 e. The van der Waals surface area contributed by atoms with E-state index in [2.05, 4.69) is 4.98 Å². The van der Waals surface area contributed by atoms with Gasteiger partial charge >= 0.3 is 0 Å². The zero-order chi connectivity index (χ0) is 11.9. The van der Waals surface area contributed by atoms with Crippen molar-refractivity contribution in [2.75, 3.05) is 7.11 Å². The van der Waals surface area contributed by atoms with Gasteiger partial charge in [0.2, 0.25) is 5.88 Å². The van der Waals surface area contributed by atoms with E-state index in [1.807, 2.05) is 6.07 Å². The molecule has 0 amide bonds. The van der Waals surface area contributed by atoms with Crippen molar-refractivity contribution in [3.05, 3.63) is 23.9 Å². The van der Waals surface area contributed by atoms with Crippen molar-refractivity contribution in [2.45, 2.75) is 43.5 Å². The van der Waals surface area contributed by atoms with Crippen molar-refractivity contribution >= 4 is 0 Å². The molecule has 3 rings (SSSR count). The average molecular weight is 235 g/mol. The molecule has 2 aliphatic rings. The van der Waals surface area contributed by atoms with Crippen molar-refractivity contribution in [1.29, 1.82) is 0 Å². The van der Waals surface area contributed by atoms with E-state index in [4.69, 9.17) is 9.47 Å². The van der Waals surface area contributed by atoms with Crippen LogP contribution in [-0.4, -0.2) is 29.4 Å².